The van der Waals surface area contributed by atoms with Gasteiger partial charge in [0, 0.05) is 37.4 Å². The topological polar surface area (TPSA) is 110 Å². The van der Waals surface area contributed by atoms with Gasteiger partial charge in [-0.05, 0) is 24.1 Å². The molecule has 162 valence electrons. The number of nitrogens with two attached hydrogens (primary N) is 1. The number of hydrogen-bond acceptors (Lipinski definition) is 8. The number of nitrogens with zero attached hydrogens (tertiary/aromatic N) is 6. The third-order valence-corrected chi connectivity index (χ3v) is 5.41. The van der Waals surface area contributed by atoms with Gasteiger partial charge in [-0.15, -0.1) is 5.10 Å². The van der Waals surface area contributed by atoms with Crippen molar-refractivity contribution in [2.45, 2.75) is 19.0 Å². The van der Waals surface area contributed by atoms with Crippen LogP contribution in [0.4, 0.5) is 23.4 Å². The van der Waals surface area contributed by atoms with E-state index in [4.69, 9.17) is 5.73 Å². The van der Waals surface area contributed by atoms with Crippen LogP contribution < -0.4 is 16.4 Å². The first-order chi connectivity index (χ1) is 15.7. The van der Waals surface area contributed by atoms with Crippen LogP contribution in [-0.2, 0) is 6.54 Å². The van der Waals surface area contributed by atoms with E-state index < -0.39 is 0 Å². The van der Waals surface area contributed by atoms with E-state index in [1.807, 2.05) is 42.5 Å². The molecule has 4 N–H and O–H groups in total. The van der Waals surface area contributed by atoms with Crippen molar-refractivity contribution in [1.29, 1.82) is 0 Å². The van der Waals surface area contributed by atoms with E-state index in [9.17, 15) is 0 Å². The second-order valence-electron chi connectivity index (χ2n) is 7.81. The van der Waals surface area contributed by atoms with Gasteiger partial charge in [0.25, 0.3) is 0 Å². The number of rotatable bonds is 7. The lowest BCUT2D eigenvalue weighted by molar-refractivity contribution is 0.328. The molecule has 0 amide bonds. The Kier molecular flexibility index (Phi) is 5.63. The molecule has 0 bridgehead atoms. The van der Waals surface area contributed by atoms with Gasteiger partial charge in [-0.2, -0.15) is 9.67 Å². The van der Waals surface area contributed by atoms with Gasteiger partial charge in [-0.1, -0.05) is 48.5 Å². The van der Waals surface area contributed by atoms with Crippen molar-refractivity contribution >= 4 is 23.4 Å². The Morgan fingerprint density at radius 3 is 2.59 bits per heavy atom. The molecule has 1 aliphatic heterocycles. The fraction of sp³-hybridized carbons (Fsp3) is 0.217. The van der Waals surface area contributed by atoms with Crippen molar-refractivity contribution in [3.8, 4) is 5.82 Å². The molecule has 9 heteroatoms. The molecular formula is C23H25N9. The van der Waals surface area contributed by atoms with Gasteiger partial charge in [0.2, 0.25) is 11.9 Å². The Balaban J connectivity index is 1.24. The van der Waals surface area contributed by atoms with Crippen molar-refractivity contribution < 1.29 is 0 Å². The maximum Gasteiger partial charge on any atom is 0.248 e. The van der Waals surface area contributed by atoms with Crippen molar-refractivity contribution in [1.82, 2.24) is 29.6 Å². The molecule has 1 saturated heterocycles. The van der Waals surface area contributed by atoms with Crippen molar-refractivity contribution in [3.63, 3.8) is 0 Å². The first-order valence-electron chi connectivity index (χ1n) is 10.6. The number of likely N-dealkylation sites (tertiary alicyclic amines) is 1. The Labute approximate surface area is 186 Å². The molecule has 4 aromatic rings. The fourth-order valence-electron chi connectivity index (χ4n) is 3.88. The minimum absolute atomic E-state index is 0.253. The van der Waals surface area contributed by atoms with Crippen LogP contribution in [0.25, 0.3) is 5.82 Å². The molecule has 5 rings (SSSR count). The van der Waals surface area contributed by atoms with Gasteiger partial charge in [-0.3, -0.25) is 4.90 Å². The number of hydrogen-bond donors (Lipinski definition) is 3. The Hall–Kier alpha value is -3.98. The van der Waals surface area contributed by atoms with Gasteiger partial charge in [-0.25, -0.2) is 9.97 Å². The van der Waals surface area contributed by atoms with E-state index in [-0.39, 0.29) is 5.95 Å². The molecule has 3 heterocycles. The highest BCUT2D eigenvalue weighted by atomic mass is 15.4. The molecule has 1 atom stereocenters. The lowest BCUT2D eigenvalue weighted by Gasteiger charge is -2.17. The number of para-hydroxylation sites is 1. The van der Waals surface area contributed by atoms with Gasteiger partial charge < -0.3 is 16.4 Å². The number of anilines is 4. The Bertz CT molecular complexity index is 1160. The molecule has 32 heavy (non-hydrogen) atoms. The quantitative estimate of drug-likeness (QED) is 0.413. The summed E-state index contributed by atoms with van der Waals surface area (Å²) >= 11 is 0. The van der Waals surface area contributed by atoms with E-state index in [2.05, 4.69) is 59.8 Å². The first-order valence-corrected chi connectivity index (χ1v) is 10.6. The summed E-state index contributed by atoms with van der Waals surface area (Å²) < 4.78 is 1.51. The Morgan fingerprint density at radius 1 is 1.00 bits per heavy atom. The normalized spacial score (nSPS) is 16.2. The molecule has 0 spiro atoms. The molecule has 0 saturated carbocycles. The molecule has 1 unspecified atom stereocenters. The minimum atomic E-state index is 0.253. The highest BCUT2D eigenvalue weighted by molar-refractivity contribution is 5.54. The number of nitrogens with one attached hydrogen (secondary N) is 2. The predicted molar refractivity (Wildman–Crippen MR) is 125 cm³/mol. The summed E-state index contributed by atoms with van der Waals surface area (Å²) in [6.07, 6.45) is 2.57. The summed E-state index contributed by atoms with van der Waals surface area (Å²) in [5, 5.41) is 11.1. The van der Waals surface area contributed by atoms with E-state index in [0.29, 0.717) is 17.8 Å². The lowest BCUT2D eigenvalue weighted by Crippen LogP contribution is -2.26. The largest absolute Gasteiger partial charge is 0.368 e. The lowest BCUT2D eigenvalue weighted by atomic mass is 10.2. The van der Waals surface area contributed by atoms with E-state index in [1.54, 1.807) is 0 Å². The highest BCUT2D eigenvalue weighted by Crippen LogP contribution is 2.20. The average molecular weight is 428 g/mol. The van der Waals surface area contributed by atoms with Crippen LogP contribution in [0.1, 0.15) is 12.0 Å². The highest BCUT2D eigenvalue weighted by Gasteiger charge is 2.23. The van der Waals surface area contributed by atoms with Crippen LogP contribution in [0.3, 0.4) is 0 Å². The van der Waals surface area contributed by atoms with Crippen LogP contribution in [0.5, 0.6) is 0 Å². The van der Waals surface area contributed by atoms with Crippen LogP contribution in [0.2, 0.25) is 0 Å². The number of nitrogen functional groups attached to an aromatic ring is 1. The summed E-state index contributed by atoms with van der Waals surface area (Å²) in [4.78, 5) is 15.5. The van der Waals surface area contributed by atoms with Crippen LogP contribution in [0, 0.1) is 0 Å². The van der Waals surface area contributed by atoms with Gasteiger partial charge in [0.1, 0.15) is 12.1 Å². The van der Waals surface area contributed by atoms with Gasteiger partial charge >= 0.3 is 0 Å². The summed E-state index contributed by atoms with van der Waals surface area (Å²) in [5.74, 6) is 1.97. The third-order valence-electron chi connectivity index (χ3n) is 5.41. The predicted octanol–water partition coefficient (Wildman–Crippen LogP) is 3.07. The zero-order valence-corrected chi connectivity index (χ0v) is 17.6. The smallest absolute Gasteiger partial charge is 0.248 e. The zero-order chi connectivity index (χ0) is 21.8. The maximum atomic E-state index is 6.09. The monoisotopic (exact) mass is 427 g/mol. The number of benzene rings is 2. The van der Waals surface area contributed by atoms with Crippen LogP contribution >= 0.6 is 0 Å². The van der Waals surface area contributed by atoms with Crippen molar-refractivity contribution in [3.05, 3.63) is 78.6 Å². The number of aromatic nitrogens is 5. The van der Waals surface area contributed by atoms with E-state index in [0.717, 1.165) is 37.6 Å². The minimum Gasteiger partial charge on any atom is -0.368 e. The molecule has 1 fully saturated rings. The van der Waals surface area contributed by atoms with Crippen molar-refractivity contribution in [2.75, 3.05) is 29.5 Å². The van der Waals surface area contributed by atoms with Crippen LogP contribution in [-0.4, -0.2) is 48.8 Å². The molecule has 0 radical (unpaired) electrons. The summed E-state index contributed by atoms with van der Waals surface area (Å²) in [6.45, 7) is 2.97. The molecule has 0 aliphatic carbocycles. The summed E-state index contributed by atoms with van der Waals surface area (Å²) in [7, 11) is 0. The van der Waals surface area contributed by atoms with E-state index in [1.165, 1.54) is 16.6 Å². The molecule has 9 nitrogen and oxygen atoms in total. The van der Waals surface area contributed by atoms with Gasteiger partial charge in [0.05, 0.1) is 0 Å². The molecule has 2 aromatic carbocycles. The fourth-order valence-corrected chi connectivity index (χ4v) is 3.88. The van der Waals surface area contributed by atoms with Gasteiger partial charge in [0.15, 0.2) is 5.82 Å². The third kappa shape index (κ3) is 4.68. The van der Waals surface area contributed by atoms with Crippen LogP contribution in [0.15, 0.2) is 73.1 Å². The first kappa shape index (κ1) is 20.0. The average Bonchev–Trinajstić information content (AvgIpc) is 3.41. The second kappa shape index (κ2) is 9.03. The zero-order valence-electron chi connectivity index (χ0n) is 17.6. The Morgan fingerprint density at radius 2 is 1.78 bits per heavy atom. The standard InChI is InChI=1S/C23H25N9/c24-22-29-23(28-18-9-5-2-6-10-18)30-32(22)21-13-20(25-16-26-21)27-19-11-12-31(15-19)14-17-7-3-1-4-8-17/h1-10,13,16,19H,11-12,14-15H2,(H,25,26,27)(H3,24,28,29,30). The molecule has 1 aliphatic rings. The summed E-state index contributed by atoms with van der Waals surface area (Å²) in [6, 6.07) is 22.4. The molecular weight excluding hydrogens is 402 g/mol. The molecule has 2 aromatic heterocycles. The second-order valence-corrected chi connectivity index (χ2v) is 7.81. The SMILES string of the molecule is Nc1nc(Nc2ccccc2)nn1-c1cc(NC2CCN(Cc3ccccc3)C2)ncn1. The summed E-state index contributed by atoms with van der Waals surface area (Å²) in [5.41, 5.74) is 8.31. The van der Waals surface area contributed by atoms with E-state index >= 15 is 0 Å². The maximum absolute atomic E-state index is 6.09. The van der Waals surface area contributed by atoms with Crippen molar-refractivity contribution in [2.24, 2.45) is 0 Å².